The number of nitrogens with zero attached hydrogens (tertiary/aromatic N) is 1. The molecule has 0 unspecified atom stereocenters. The van der Waals surface area contributed by atoms with Crippen LogP contribution in [0.2, 0.25) is 0 Å². The minimum absolute atomic E-state index is 0.157. The lowest BCUT2D eigenvalue weighted by molar-refractivity contribution is -0.137. The maximum absolute atomic E-state index is 12.5. The third kappa shape index (κ3) is 6.47. The van der Waals surface area contributed by atoms with Crippen molar-refractivity contribution < 1.29 is 27.4 Å². The zero-order chi connectivity index (χ0) is 20.7. The average Bonchev–Trinajstić information content (AvgIpc) is 2.72. The third-order valence-corrected chi connectivity index (χ3v) is 4.54. The molecule has 1 fully saturated rings. The number of morpholine rings is 1. The fraction of sp³-hybridized carbons (Fsp3) is 0.381. The molecule has 5 nitrogen and oxygen atoms in total. The Kier molecular flexibility index (Phi) is 7.11. The maximum atomic E-state index is 12.5. The quantitative estimate of drug-likeness (QED) is 0.714. The van der Waals surface area contributed by atoms with E-state index in [4.69, 9.17) is 9.47 Å². The van der Waals surface area contributed by atoms with Crippen molar-refractivity contribution in [1.29, 1.82) is 0 Å². The lowest BCUT2D eigenvalue weighted by Gasteiger charge is -2.26. The van der Waals surface area contributed by atoms with Crippen molar-refractivity contribution in [2.45, 2.75) is 12.7 Å². The molecule has 1 heterocycles. The molecule has 0 aromatic heterocycles. The van der Waals surface area contributed by atoms with Crippen LogP contribution < -0.4 is 10.1 Å². The largest absolute Gasteiger partial charge is 0.492 e. The first-order valence-electron chi connectivity index (χ1n) is 9.39. The van der Waals surface area contributed by atoms with E-state index in [0.717, 1.165) is 50.5 Å². The van der Waals surface area contributed by atoms with Gasteiger partial charge in [0.2, 0.25) is 0 Å². The van der Waals surface area contributed by atoms with E-state index in [2.05, 4.69) is 10.2 Å². The molecular formula is C21H23F3N2O3. The Morgan fingerprint density at radius 3 is 2.52 bits per heavy atom. The number of hydrogen-bond acceptors (Lipinski definition) is 4. The number of hydrogen-bond donors (Lipinski definition) is 1. The summed E-state index contributed by atoms with van der Waals surface area (Å²) in [6, 6.07) is 11.9. The Balaban J connectivity index is 1.44. The Hall–Kier alpha value is -2.58. The molecule has 3 rings (SSSR count). The zero-order valence-corrected chi connectivity index (χ0v) is 15.9. The first-order chi connectivity index (χ1) is 13.9. The second-order valence-electron chi connectivity index (χ2n) is 6.72. The van der Waals surface area contributed by atoms with Gasteiger partial charge in [0.05, 0.1) is 25.3 Å². The van der Waals surface area contributed by atoms with Gasteiger partial charge in [0, 0.05) is 25.2 Å². The second kappa shape index (κ2) is 9.76. The highest BCUT2D eigenvalue weighted by atomic mass is 19.4. The monoisotopic (exact) mass is 408 g/mol. The van der Waals surface area contributed by atoms with Crippen LogP contribution in [0, 0.1) is 0 Å². The van der Waals surface area contributed by atoms with Crippen LogP contribution in [0.5, 0.6) is 5.75 Å². The number of rotatable bonds is 7. The SMILES string of the molecule is O=C(NCCOc1ccc(C(F)(F)F)cc1)c1cccc(CN2CCOCC2)c1. The summed E-state index contributed by atoms with van der Waals surface area (Å²) in [5.41, 5.74) is 0.890. The topological polar surface area (TPSA) is 50.8 Å². The van der Waals surface area contributed by atoms with Crippen molar-refractivity contribution in [3.8, 4) is 5.75 Å². The van der Waals surface area contributed by atoms with E-state index in [1.165, 1.54) is 12.1 Å². The molecule has 0 atom stereocenters. The molecule has 0 radical (unpaired) electrons. The van der Waals surface area contributed by atoms with Gasteiger partial charge in [-0.15, -0.1) is 0 Å². The minimum atomic E-state index is -4.37. The molecular weight excluding hydrogens is 385 g/mol. The number of halogens is 3. The average molecular weight is 408 g/mol. The van der Waals surface area contributed by atoms with Crippen LogP contribution in [0.25, 0.3) is 0 Å². The summed E-state index contributed by atoms with van der Waals surface area (Å²) in [6.07, 6.45) is -4.37. The molecule has 0 bridgehead atoms. The molecule has 1 aliphatic rings. The standard InChI is InChI=1S/C21H23F3N2O3/c22-21(23,24)18-4-6-19(7-5-18)29-11-8-25-20(27)17-3-1-2-16(14-17)15-26-9-12-28-13-10-26/h1-7,14H,8-13,15H2,(H,25,27). The number of carbonyl (C=O) groups excluding carboxylic acids is 1. The van der Waals surface area contributed by atoms with E-state index in [-0.39, 0.29) is 19.1 Å². The van der Waals surface area contributed by atoms with Gasteiger partial charge in [-0.1, -0.05) is 12.1 Å². The fourth-order valence-electron chi connectivity index (χ4n) is 3.00. The maximum Gasteiger partial charge on any atom is 0.416 e. The lowest BCUT2D eigenvalue weighted by atomic mass is 10.1. The predicted molar refractivity (Wildman–Crippen MR) is 102 cm³/mol. The van der Waals surface area contributed by atoms with Crippen molar-refractivity contribution in [2.75, 3.05) is 39.5 Å². The van der Waals surface area contributed by atoms with Gasteiger partial charge in [0.25, 0.3) is 5.91 Å². The van der Waals surface area contributed by atoms with Gasteiger partial charge < -0.3 is 14.8 Å². The molecule has 8 heteroatoms. The molecule has 2 aromatic carbocycles. The fourth-order valence-corrected chi connectivity index (χ4v) is 3.00. The minimum Gasteiger partial charge on any atom is -0.492 e. The predicted octanol–water partition coefficient (Wildman–Crippen LogP) is 3.35. The highest BCUT2D eigenvalue weighted by molar-refractivity contribution is 5.94. The van der Waals surface area contributed by atoms with Gasteiger partial charge in [-0.2, -0.15) is 13.2 Å². The van der Waals surface area contributed by atoms with Gasteiger partial charge in [-0.3, -0.25) is 9.69 Å². The molecule has 1 N–H and O–H groups in total. The van der Waals surface area contributed by atoms with E-state index >= 15 is 0 Å². The number of nitrogens with one attached hydrogen (secondary N) is 1. The van der Waals surface area contributed by atoms with Crippen LogP contribution in [-0.2, 0) is 17.5 Å². The number of benzene rings is 2. The molecule has 1 saturated heterocycles. The molecule has 0 saturated carbocycles. The summed E-state index contributed by atoms with van der Waals surface area (Å²) >= 11 is 0. The van der Waals surface area contributed by atoms with E-state index in [0.29, 0.717) is 11.3 Å². The van der Waals surface area contributed by atoms with Crippen LogP contribution in [0.1, 0.15) is 21.5 Å². The van der Waals surface area contributed by atoms with Crippen molar-refractivity contribution in [3.05, 3.63) is 65.2 Å². The highest BCUT2D eigenvalue weighted by Gasteiger charge is 2.30. The third-order valence-electron chi connectivity index (χ3n) is 4.54. The van der Waals surface area contributed by atoms with E-state index in [1.54, 1.807) is 6.07 Å². The number of alkyl halides is 3. The molecule has 1 amide bonds. The molecule has 156 valence electrons. The first kappa shape index (κ1) is 21.1. The zero-order valence-electron chi connectivity index (χ0n) is 15.9. The van der Waals surface area contributed by atoms with Crippen LogP contribution in [0.15, 0.2) is 48.5 Å². The molecule has 0 aliphatic carbocycles. The van der Waals surface area contributed by atoms with Crippen LogP contribution in [0.3, 0.4) is 0 Å². The summed E-state index contributed by atoms with van der Waals surface area (Å²) < 4.78 is 48.3. The van der Waals surface area contributed by atoms with Crippen molar-refractivity contribution in [2.24, 2.45) is 0 Å². The number of amides is 1. The number of ether oxygens (including phenoxy) is 2. The summed E-state index contributed by atoms with van der Waals surface area (Å²) in [5, 5.41) is 2.76. The lowest BCUT2D eigenvalue weighted by Crippen LogP contribution is -2.35. The summed E-state index contributed by atoms with van der Waals surface area (Å²) in [4.78, 5) is 14.6. The van der Waals surface area contributed by atoms with E-state index < -0.39 is 11.7 Å². The van der Waals surface area contributed by atoms with E-state index in [1.807, 2.05) is 18.2 Å². The van der Waals surface area contributed by atoms with Gasteiger partial charge >= 0.3 is 6.18 Å². The summed E-state index contributed by atoms with van der Waals surface area (Å²) in [5.74, 6) is 0.101. The van der Waals surface area contributed by atoms with Gasteiger partial charge in [-0.05, 0) is 42.0 Å². The molecule has 29 heavy (non-hydrogen) atoms. The van der Waals surface area contributed by atoms with Crippen molar-refractivity contribution in [3.63, 3.8) is 0 Å². The molecule has 2 aromatic rings. The van der Waals surface area contributed by atoms with Gasteiger partial charge in [0.1, 0.15) is 12.4 Å². The Morgan fingerprint density at radius 1 is 1.10 bits per heavy atom. The van der Waals surface area contributed by atoms with Gasteiger partial charge in [0.15, 0.2) is 0 Å². The second-order valence-corrected chi connectivity index (χ2v) is 6.72. The smallest absolute Gasteiger partial charge is 0.416 e. The van der Waals surface area contributed by atoms with Crippen LogP contribution in [0.4, 0.5) is 13.2 Å². The normalized spacial score (nSPS) is 15.1. The Labute approximate surface area is 167 Å². The van der Waals surface area contributed by atoms with Crippen molar-refractivity contribution >= 4 is 5.91 Å². The van der Waals surface area contributed by atoms with Gasteiger partial charge in [-0.25, -0.2) is 0 Å². The van der Waals surface area contributed by atoms with Crippen LogP contribution >= 0.6 is 0 Å². The summed E-state index contributed by atoms with van der Waals surface area (Å²) in [6.45, 7) is 4.35. The summed E-state index contributed by atoms with van der Waals surface area (Å²) in [7, 11) is 0. The highest BCUT2D eigenvalue weighted by Crippen LogP contribution is 2.30. The van der Waals surface area contributed by atoms with Crippen molar-refractivity contribution in [1.82, 2.24) is 10.2 Å². The molecule has 1 aliphatic heterocycles. The molecule has 0 spiro atoms. The van der Waals surface area contributed by atoms with E-state index in [9.17, 15) is 18.0 Å². The first-order valence-corrected chi connectivity index (χ1v) is 9.39. The Morgan fingerprint density at radius 2 is 1.83 bits per heavy atom. The van der Waals surface area contributed by atoms with Crippen LogP contribution in [-0.4, -0.2) is 50.3 Å². The Bertz CT molecular complexity index is 804. The number of carbonyl (C=O) groups is 1.